The second kappa shape index (κ2) is 8.10. The van der Waals surface area contributed by atoms with Crippen molar-refractivity contribution in [2.24, 2.45) is 5.92 Å². The quantitative estimate of drug-likeness (QED) is 0.732. The molecule has 0 aliphatic carbocycles. The van der Waals surface area contributed by atoms with Gasteiger partial charge in [0.1, 0.15) is 5.82 Å². The highest BCUT2D eigenvalue weighted by atomic mass is 19.1. The van der Waals surface area contributed by atoms with Gasteiger partial charge in [-0.15, -0.1) is 0 Å². The molecule has 19 heavy (non-hydrogen) atoms. The minimum atomic E-state index is -0.324. The lowest BCUT2D eigenvalue weighted by Crippen LogP contribution is -2.22. The number of nitrogens with one attached hydrogen (secondary N) is 1. The fraction of sp³-hybridized carbons (Fsp3) is 0.667. The van der Waals surface area contributed by atoms with E-state index in [0.29, 0.717) is 31.0 Å². The molecule has 108 valence electrons. The van der Waals surface area contributed by atoms with Gasteiger partial charge in [-0.1, -0.05) is 27.7 Å². The Hall–Kier alpha value is -1.16. The molecule has 0 radical (unpaired) electrons. The predicted octanol–water partition coefficient (Wildman–Crippen LogP) is 3.53. The zero-order valence-electron chi connectivity index (χ0n) is 12.4. The van der Waals surface area contributed by atoms with Crippen molar-refractivity contribution in [3.63, 3.8) is 0 Å². The summed E-state index contributed by atoms with van der Waals surface area (Å²) in [6.45, 7) is 9.68. The third kappa shape index (κ3) is 6.53. The van der Waals surface area contributed by atoms with Crippen LogP contribution in [-0.2, 0) is 6.54 Å². The van der Waals surface area contributed by atoms with Crippen molar-refractivity contribution >= 4 is 0 Å². The van der Waals surface area contributed by atoms with Gasteiger partial charge in [-0.25, -0.2) is 9.37 Å². The van der Waals surface area contributed by atoms with Gasteiger partial charge in [0.2, 0.25) is 5.88 Å². The maximum absolute atomic E-state index is 13.2. The molecule has 3 nitrogen and oxygen atoms in total. The zero-order valence-corrected chi connectivity index (χ0v) is 12.4. The van der Waals surface area contributed by atoms with Gasteiger partial charge in [0, 0.05) is 18.2 Å². The number of aromatic nitrogens is 1. The second-order valence-electron chi connectivity index (χ2n) is 5.54. The summed E-state index contributed by atoms with van der Waals surface area (Å²) in [7, 11) is 0. The summed E-state index contributed by atoms with van der Waals surface area (Å²) in [6.07, 6.45) is 3.32. The first kappa shape index (κ1) is 15.9. The molecule has 0 unspecified atom stereocenters. The molecule has 0 aromatic carbocycles. The second-order valence-corrected chi connectivity index (χ2v) is 5.54. The maximum Gasteiger partial charge on any atom is 0.218 e. The molecule has 0 atom stereocenters. The Morgan fingerprint density at radius 2 is 2.05 bits per heavy atom. The van der Waals surface area contributed by atoms with E-state index in [9.17, 15) is 4.39 Å². The number of pyridine rings is 1. The van der Waals surface area contributed by atoms with E-state index in [0.717, 1.165) is 18.4 Å². The average Bonchev–Trinajstić information content (AvgIpc) is 2.33. The van der Waals surface area contributed by atoms with Gasteiger partial charge >= 0.3 is 0 Å². The molecular formula is C15H25FN2O. The monoisotopic (exact) mass is 268 g/mol. The Morgan fingerprint density at radius 3 is 2.68 bits per heavy atom. The highest BCUT2D eigenvalue weighted by Crippen LogP contribution is 2.17. The van der Waals surface area contributed by atoms with Crippen LogP contribution in [0.15, 0.2) is 12.3 Å². The first-order valence-electron chi connectivity index (χ1n) is 6.99. The number of halogens is 1. The molecule has 0 bridgehead atoms. The smallest absolute Gasteiger partial charge is 0.218 e. The number of hydrogen-bond acceptors (Lipinski definition) is 3. The Bertz CT molecular complexity index is 380. The van der Waals surface area contributed by atoms with Gasteiger partial charge in [0.25, 0.3) is 0 Å². The lowest BCUT2D eigenvalue weighted by Gasteiger charge is -2.13. The summed E-state index contributed by atoms with van der Waals surface area (Å²) in [6, 6.07) is 1.83. The van der Waals surface area contributed by atoms with E-state index in [1.807, 2.05) is 0 Å². The topological polar surface area (TPSA) is 34.1 Å². The number of rotatable bonds is 8. The third-order valence-corrected chi connectivity index (χ3v) is 2.76. The molecule has 0 fully saturated rings. The standard InChI is InChI=1S/C15H25FN2O/c1-11(2)6-5-7-19-15-13(9-17-12(3)4)8-14(16)10-18-15/h8,10-12,17H,5-7,9H2,1-4H3. The molecule has 0 spiro atoms. The summed E-state index contributed by atoms with van der Waals surface area (Å²) in [5, 5.41) is 3.25. The molecule has 4 heteroatoms. The normalized spacial score (nSPS) is 11.3. The molecule has 0 aliphatic heterocycles. The summed E-state index contributed by atoms with van der Waals surface area (Å²) >= 11 is 0. The fourth-order valence-corrected chi connectivity index (χ4v) is 1.70. The van der Waals surface area contributed by atoms with E-state index in [-0.39, 0.29) is 5.82 Å². The van der Waals surface area contributed by atoms with Crippen molar-refractivity contribution in [1.82, 2.24) is 10.3 Å². The van der Waals surface area contributed by atoms with E-state index in [2.05, 4.69) is 38.0 Å². The van der Waals surface area contributed by atoms with E-state index in [1.165, 1.54) is 12.3 Å². The van der Waals surface area contributed by atoms with E-state index in [1.54, 1.807) is 0 Å². The maximum atomic E-state index is 13.2. The summed E-state index contributed by atoms with van der Waals surface area (Å²) in [4.78, 5) is 4.04. The fourth-order valence-electron chi connectivity index (χ4n) is 1.70. The first-order valence-corrected chi connectivity index (χ1v) is 6.99. The van der Waals surface area contributed by atoms with Crippen LogP contribution in [0.5, 0.6) is 5.88 Å². The zero-order chi connectivity index (χ0) is 14.3. The first-order chi connectivity index (χ1) is 8.99. The lowest BCUT2D eigenvalue weighted by molar-refractivity contribution is 0.282. The van der Waals surface area contributed by atoms with Crippen molar-refractivity contribution in [3.05, 3.63) is 23.6 Å². The highest BCUT2D eigenvalue weighted by Gasteiger charge is 2.08. The number of nitrogens with zero attached hydrogens (tertiary/aromatic N) is 1. The van der Waals surface area contributed by atoms with Crippen LogP contribution in [0.1, 0.15) is 46.1 Å². The van der Waals surface area contributed by atoms with E-state index in [4.69, 9.17) is 4.74 Å². The van der Waals surface area contributed by atoms with Crippen molar-refractivity contribution in [2.45, 2.75) is 53.1 Å². The SMILES string of the molecule is CC(C)CCCOc1ncc(F)cc1CNC(C)C. The minimum Gasteiger partial charge on any atom is -0.477 e. The van der Waals surface area contributed by atoms with Crippen LogP contribution < -0.4 is 10.1 Å². The average molecular weight is 268 g/mol. The van der Waals surface area contributed by atoms with Gasteiger partial charge in [-0.3, -0.25) is 0 Å². The highest BCUT2D eigenvalue weighted by molar-refractivity contribution is 5.26. The Labute approximate surface area is 115 Å². The van der Waals surface area contributed by atoms with Gasteiger partial charge in [-0.2, -0.15) is 0 Å². The Kier molecular flexibility index (Phi) is 6.78. The van der Waals surface area contributed by atoms with E-state index >= 15 is 0 Å². The van der Waals surface area contributed by atoms with Crippen molar-refractivity contribution in [3.8, 4) is 5.88 Å². The molecule has 1 aromatic rings. The van der Waals surface area contributed by atoms with E-state index < -0.39 is 0 Å². The van der Waals surface area contributed by atoms with Crippen molar-refractivity contribution < 1.29 is 9.13 Å². The summed E-state index contributed by atoms with van der Waals surface area (Å²) in [5.41, 5.74) is 0.776. The third-order valence-electron chi connectivity index (χ3n) is 2.76. The van der Waals surface area contributed by atoms with Crippen LogP contribution in [-0.4, -0.2) is 17.6 Å². The molecule has 1 rings (SSSR count). The molecular weight excluding hydrogens is 243 g/mol. The van der Waals surface area contributed by atoms with Gasteiger partial charge in [-0.05, 0) is 24.8 Å². The molecule has 1 N–H and O–H groups in total. The van der Waals surface area contributed by atoms with Crippen LogP contribution in [0.25, 0.3) is 0 Å². The van der Waals surface area contributed by atoms with Crippen LogP contribution >= 0.6 is 0 Å². The van der Waals surface area contributed by atoms with Crippen molar-refractivity contribution in [2.75, 3.05) is 6.61 Å². The molecule has 0 aliphatic rings. The van der Waals surface area contributed by atoms with Gasteiger partial charge < -0.3 is 10.1 Å². The molecule has 0 saturated carbocycles. The van der Waals surface area contributed by atoms with Crippen LogP contribution in [0.4, 0.5) is 4.39 Å². The lowest BCUT2D eigenvalue weighted by atomic mass is 10.1. The minimum absolute atomic E-state index is 0.324. The van der Waals surface area contributed by atoms with Crippen LogP contribution in [0.2, 0.25) is 0 Å². The van der Waals surface area contributed by atoms with Crippen LogP contribution in [0.3, 0.4) is 0 Å². The molecule has 0 amide bonds. The van der Waals surface area contributed by atoms with Gasteiger partial charge in [0.15, 0.2) is 0 Å². The molecule has 0 saturated heterocycles. The Balaban J connectivity index is 2.55. The summed E-state index contributed by atoms with van der Waals surface area (Å²) < 4.78 is 18.9. The van der Waals surface area contributed by atoms with Crippen molar-refractivity contribution in [1.29, 1.82) is 0 Å². The Morgan fingerprint density at radius 1 is 1.32 bits per heavy atom. The number of ether oxygens (including phenoxy) is 1. The van der Waals surface area contributed by atoms with Gasteiger partial charge in [0.05, 0.1) is 12.8 Å². The summed E-state index contributed by atoms with van der Waals surface area (Å²) in [5.74, 6) is 0.889. The molecule has 1 aromatic heterocycles. The molecule has 1 heterocycles. The largest absolute Gasteiger partial charge is 0.477 e. The van der Waals surface area contributed by atoms with Crippen LogP contribution in [0, 0.1) is 11.7 Å². The number of hydrogen-bond donors (Lipinski definition) is 1. The predicted molar refractivity (Wildman–Crippen MR) is 75.7 cm³/mol.